The van der Waals surface area contributed by atoms with Gasteiger partial charge in [0.15, 0.2) is 0 Å². The van der Waals surface area contributed by atoms with Crippen molar-refractivity contribution in [2.75, 3.05) is 32.7 Å². The normalized spacial score (nSPS) is 22.9. The van der Waals surface area contributed by atoms with Gasteiger partial charge in [-0.2, -0.15) is 0 Å². The molecule has 2 N–H and O–H groups in total. The van der Waals surface area contributed by atoms with Crippen molar-refractivity contribution in [1.29, 1.82) is 0 Å². The summed E-state index contributed by atoms with van der Waals surface area (Å²) in [6, 6.07) is 3.77. The Kier molecular flexibility index (Phi) is 7.26. The van der Waals surface area contributed by atoms with Crippen molar-refractivity contribution in [3.63, 3.8) is 0 Å². The molecule has 0 spiro atoms. The highest BCUT2D eigenvalue weighted by Gasteiger charge is 2.36. The zero-order valence-corrected chi connectivity index (χ0v) is 16.1. The standard InChI is InChI=1S/C18H23ClFN3O2.ClH/c19-16-10-13(20)4-5-15(16)18(25)23-8-6-22(7-9-23)17(24)14-3-1-2-12(14)11-21;/h4-5,10,12,14H,1-3,6-9,11,21H2;1H/t12-,14-;/m1./s1. The molecular weight excluding hydrogens is 380 g/mol. The Labute approximate surface area is 164 Å². The van der Waals surface area contributed by atoms with E-state index in [1.807, 2.05) is 4.90 Å². The molecule has 8 heteroatoms. The van der Waals surface area contributed by atoms with Crippen molar-refractivity contribution in [2.45, 2.75) is 19.3 Å². The topological polar surface area (TPSA) is 66.6 Å². The summed E-state index contributed by atoms with van der Waals surface area (Å²) in [5.74, 6) is -0.218. The van der Waals surface area contributed by atoms with Gasteiger partial charge in [0.25, 0.3) is 5.91 Å². The van der Waals surface area contributed by atoms with Gasteiger partial charge < -0.3 is 15.5 Å². The predicted octanol–water partition coefficient (Wildman–Crippen LogP) is 2.56. The van der Waals surface area contributed by atoms with Crippen LogP contribution in [0.4, 0.5) is 4.39 Å². The molecule has 5 nitrogen and oxygen atoms in total. The number of rotatable bonds is 3. The largest absolute Gasteiger partial charge is 0.339 e. The number of benzene rings is 1. The molecule has 2 amide bonds. The molecule has 1 aromatic carbocycles. The molecule has 2 aliphatic rings. The van der Waals surface area contributed by atoms with Gasteiger partial charge in [-0.15, -0.1) is 12.4 Å². The van der Waals surface area contributed by atoms with Crippen LogP contribution in [0, 0.1) is 17.7 Å². The summed E-state index contributed by atoms with van der Waals surface area (Å²) in [5, 5.41) is 0.111. The number of halogens is 3. The number of hydrogen-bond acceptors (Lipinski definition) is 3. The Morgan fingerprint density at radius 2 is 1.81 bits per heavy atom. The van der Waals surface area contributed by atoms with Crippen LogP contribution in [0.15, 0.2) is 18.2 Å². The smallest absolute Gasteiger partial charge is 0.255 e. The molecule has 0 bridgehead atoms. The molecule has 144 valence electrons. The second-order valence-corrected chi connectivity index (χ2v) is 7.18. The van der Waals surface area contributed by atoms with Crippen molar-refractivity contribution in [3.05, 3.63) is 34.6 Å². The van der Waals surface area contributed by atoms with Gasteiger partial charge in [0.2, 0.25) is 5.91 Å². The summed E-state index contributed by atoms with van der Waals surface area (Å²) >= 11 is 5.98. The molecule has 2 fully saturated rings. The molecule has 1 heterocycles. The van der Waals surface area contributed by atoms with E-state index in [0.717, 1.165) is 25.3 Å². The van der Waals surface area contributed by atoms with Gasteiger partial charge in [-0.05, 0) is 43.5 Å². The molecule has 0 unspecified atom stereocenters. The molecular formula is C18H24Cl2FN3O2. The van der Waals surface area contributed by atoms with E-state index in [4.69, 9.17) is 17.3 Å². The number of carbonyl (C=O) groups excluding carboxylic acids is 2. The lowest BCUT2D eigenvalue weighted by Gasteiger charge is -2.37. The van der Waals surface area contributed by atoms with Crippen LogP contribution in [-0.2, 0) is 4.79 Å². The van der Waals surface area contributed by atoms with Gasteiger partial charge in [0.05, 0.1) is 10.6 Å². The highest BCUT2D eigenvalue weighted by molar-refractivity contribution is 6.33. The average molecular weight is 404 g/mol. The third kappa shape index (κ3) is 4.30. The molecule has 1 saturated heterocycles. The van der Waals surface area contributed by atoms with E-state index >= 15 is 0 Å². The maximum absolute atomic E-state index is 13.1. The first kappa shape index (κ1) is 20.9. The zero-order chi connectivity index (χ0) is 18.0. The Morgan fingerprint density at radius 3 is 2.42 bits per heavy atom. The SMILES string of the molecule is Cl.NC[C@H]1CCC[C@H]1C(=O)N1CCN(C(=O)c2ccc(F)cc2Cl)CC1. The van der Waals surface area contributed by atoms with Crippen LogP contribution in [0.1, 0.15) is 29.6 Å². The van der Waals surface area contributed by atoms with Gasteiger partial charge in [-0.3, -0.25) is 9.59 Å². The number of hydrogen-bond donors (Lipinski definition) is 1. The minimum Gasteiger partial charge on any atom is -0.339 e. The van der Waals surface area contributed by atoms with E-state index in [1.165, 1.54) is 12.1 Å². The molecule has 3 rings (SSSR count). The first-order chi connectivity index (χ1) is 12.0. The van der Waals surface area contributed by atoms with E-state index in [0.29, 0.717) is 38.3 Å². The maximum atomic E-state index is 13.1. The van der Waals surface area contributed by atoms with Crippen molar-refractivity contribution in [2.24, 2.45) is 17.6 Å². The number of nitrogens with zero attached hydrogens (tertiary/aromatic N) is 2. The fourth-order valence-electron chi connectivity index (χ4n) is 3.84. The monoisotopic (exact) mass is 403 g/mol. The zero-order valence-electron chi connectivity index (χ0n) is 14.5. The van der Waals surface area contributed by atoms with Crippen molar-refractivity contribution in [1.82, 2.24) is 9.80 Å². The summed E-state index contributed by atoms with van der Waals surface area (Å²) in [5.41, 5.74) is 6.07. The van der Waals surface area contributed by atoms with Crippen LogP contribution in [-0.4, -0.2) is 54.3 Å². The van der Waals surface area contributed by atoms with E-state index in [-0.39, 0.29) is 41.1 Å². The average Bonchev–Trinajstić information content (AvgIpc) is 3.09. The summed E-state index contributed by atoms with van der Waals surface area (Å²) in [6.45, 7) is 2.49. The lowest BCUT2D eigenvalue weighted by atomic mass is 9.94. The van der Waals surface area contributed by atoms with E-state index in [1.54, 1.807) is 4.90 Å². The first-order valence-corrected chi connectivity index (χ1v) is 9.12. The van der Waals surface area contributed by atoms with E-state index in [2.05, 4.69) is 0 Å². The Balaban J connectivity index is 0.00000243. The molecule has 0 aromatic heterocycles. The molecule has 1 saturated carbocycles. The Morgan fingerprint density at radius 1 is 1.15 bits per heavy atom. The van der Waals surface area contributed by atoms with Crippen molar-refractivity contribution in [3.8, 4) is 0 Å². The van der Waals surface area contributed by atoms with Crippen LogP contribution in [0.5, 0.6) is 0 Å². The highest BCUT2D eigenvalue weighted by Crippen LogP contribution is 2.32. The second kappa shape index (κ2) is 9.02. The number of nitrogens with two attached hydrogens (primary N) is 1. The summed E-state index contributed by atoms with van der Waals surface area (Å²) in [6.07, 6.45) is 2.99. The van der Waals surface area contributed by atoms with Crippen LogP contribution < -0.4 is 5.73 Å². The van der Waals surface area contributed by atoms with Gasteiger partial charge in [0.1, 0.15) is 5.82 Å². The molecule has 0 radical (unpaired) electrons. The third-order valence-electron chi connectivity index (χ3n) is 5.32. The lowest BCUT2D eigenvalue weighted by molar-refractivity contribution is -0.138. The molecule has 1 aliphatic heterocycles. The molecule has 1 aromatic rings. The molecule has 26 heavy (non-hydrogen) atoms. The van der Waals surface area contributed by atoms with E-state index < -0.39 is 5.82 Å². The van der Waals surface area contributed by atoms with Crippen LogP contribution >= 0.6 is 24.0 Å². The second-order valence-electron chi connectivity index (χ2n) is 6.77. The number of carbonyl (C=O) groups is 2. The van der Waals surface area contributed by atoms with Gasteiger partial charge in [-0.25, -0.2) is 4.39 Å². The summed E-state index contributed by atoms with van der Waals surface area (Å²) in [7, 11) is 0. The van der Waals surface area contributed by atoms with Crippen molar-refractivity contribution < 1.29 is 14.0 Å². The van der Waals surface area contributed by atoms with Gasteiger partial charge >= 0.3 is 0 Å². The number of amides is 2. The lowest BCUT2D eigenvalue weighted by Crippen LogP contribution is -2.52. The minimum absolute atomic E-state index is 0. The Hall–Kier alpha value is -1.37. The first-order valence-electron chi connectivity index (χ1n) is 8.74. The predicted molar refractivity (Wildman–Crippen MR) is 101 cm³/mol. The fourth-order valence-corrected chi connectivity index (χ4v) is 4.09. The summed E-state index contributed by atoms with van der Waals surface area (Å²) < 4.78 is 13.1. The maximum Gasteiger partial charge on any atom is 0.255 e. The van der Waals surface area contributed by atoms with Crippen LogP contribution in [0.2, 0.25) is 5.02 Å². The van der Waals surface area contributed by atoms with Crippen LogP contribution in [0.25, 0.3) is 0 Å². The van der Waals surface area contributed by atoms with E-state index in [9.17, 15) is 14.0 Å². The minimum atomic E-state index is -0.469. The summed E-state index contributed by atoms with van der Waals surface area (Å²) in [4.78, 5) is 28.8. The van der Waals surface area contributed by atoms with Crippen LogP contribution in [0.3, 0.4) is 0 Å². The van der Waals surface area contributed by atoms with Crippen molar-refractivity contribution >= 4 is 35.8 Å². The Bertz CT molecular complexity index is 666. The highest BCUT2D eigenvalue weighted by atomic mass is 35.5. The fraction of sp³-hybridized carbons (Fsp3) is 0.556. The third-order valence-corrected chi connectivity index (χ3v) is 5.63. The van der Waals surface area contributed by atoms with Gasteiger partial charge in [-0.1, -0.05) is 18.0 Å². The quantitative estimate of drug-likeness (QED) is 0.842. The molecule has 2 atom stereocenters. The van der Waals surface area contributed by atoms with Gasteiger partial charge in [0, 0.05) is 32.1 Å². The molecule has 1 aliphatic carbocycles. The number of piperazine rings is 1.